The average Bonchev–Trinajstić information content (AvgIpc) is 2.85. The van der Waals surface area contributed by atoms with Crippen LogP contribution in [0.3, 0.4) is 0 Å². The molecule has 0 aromatic carbocycles. The van der Waals surface area contributed by atoms with Gasteiger partial charge in [-0.25, -0.2) is 0 Å². The van der Waals surface area contributed by atoms with Crippen molar-refractivity contribution < 1.29 is 14.3 Å². The zero-order valence-corrected chi connectivity index (χ0v) is 12.0. The molecule has 0 aromatic rings. The van der Waals surface area contributed by atoms with E-state index in [1.165, 1.54) is 6.42 Å². The molecule has 5 heteroatoms. The summed E-state index contributed by atoms with van der Waals surface area (Å²) in [6.07, 6.45) is 4.57. The van der Waals surface area contributed by atoms with Crippen molar-refractivity contribution in [3.8, 4) is 0 Å². The van der Waals surface area contributed by atoms with Crippen LogP contribution in [-0.2, 0) is 14.3 Å². The molecule has 2 aliphatic rings. The van der Waals surface area contributed by atoms with E-state index < -0.39 is 5.54 Å². The van der Waals surface area contributed by atoms with Crippen LogP contribution in [-0.4, -0.2) is 43.9 Å². The third-order valence-corrected chi connectivity index (χ3v) is 4.56. The molecule has 0 spiro atoms. The first kappa shape index (κ1) is 14.8. The quantitative estimate of drug-likeness (QED) is 0.793. The molecule has 0 radical (unpaired) electrons. The molecule has 2 rings (SSSR count). The Morgan fingerprint density at radius 2 is 2.32 bits per heavy atom. The molecule has 3 N–H and O–H groups in total. The maximum atomic E-state index is 12.3. The number of carbonyl (C=O) groups excluding carboxylic acids is 1. The number of nitrogens with two attached hydrogens (primary N) is 1. The Kier molecular flexibility index (Phi) is 4.48. The fraction of sp³-hybridized carbons (Fsp3) is 0.929. The van der Waals surface area contributed by atoms with Crippen LogP contribution in [0.5, 0.6) is 0 Å². The topological polar surface area (TPSA) is 73.6 Å². The molecule has 1 aliphatic heterocycles. The molecule has 1 heterocycles. The van der Waals surface area contributed by atoms with E-state index in [1.54, 1.807) is 7.11 Å². The van der Waals surface area contributed by atoms with E-state index in [1.807, 2.05) is 0 Å². The molecule has 2 fully saturated rings. The minimum absolute atomic E-state index is 0.0395. The lowest BCUT2D eigenvalue weighted by atomic mass is 9.76. The van der Waals surface area contributed by atoms with Gasteiger partial charge in [-0.3, -0.25) is 4.79 Å². The van der Waals surface area contributed by atoms with Crippen LogP contribution in [0, 0.1) is 5.92 Å². The third-order valence-electron chi connectivity index (χ3n) is 4.56. The Balaban J connectivity index is 1.89. The summed E-state index contributed by atoms with van der Waals surface area (Å²) in [5, 5.41) is 2.98. The van der Waals surface area contributed by atoms with E-state index in [0.717, 1.165) is 25.7 Å². The molecule has 0 bridgehead atoms. The Labute approximate surface area is 115 Å². The maximum Gasteiger partial charge on any atom is 0.240 e. The summed E-state index contributed by atoms with van der Waals surface area (Å²) >= 11 is 0. The predicted octanol–water partition coefficient (Wildman–Crippen LogP) is 0.816. The first-order valence-electron chi connectivity index (χ1n) is 7.20. The van der Waals surface area contributed by atoms with Gasteiger partial charge in [0.2, 0.25) is 5.91 Å². The molecule has 1 aliphatic carbocycles. The summed E-state index contributed by atoms with van der Waals surface area (Å²) in [6, 6.07) is 0. The van der Waals surface area contributed by atoms with E-state index in [9.17, 15) is 4.79 Å². The van der Waals surface area contributed by atoms with Gasteiger partial charge in [0.15, 0.2) is 0 Å². The van der Waals surface area contributed by atoms with Crippen molar-refractivity contribution in [2.24, 2.45) is 11.7 Å². The zero-order chi connectivity index (χ0) is 13.9. The lowest BCUT2D eigenvalue weighted by molar-refractivity contribution is -0.129. The fourth-order valence-corrected chi connectivity index (χ4v) is 3.18. The highest BCUT2D eigenvalue weighted by molar-refractivity contribution is 5.86. The van der Waals surface area contributed by atoms with Crippen molar-refractivity contribution in [3.05, 3.63) is 0 Å². The van der Waals surface area contributed by atoms with Crippen molar-refractivity contribution >= 4 is 5.91 Å². The lowest BCUT2D eigenvalue weighted by Crippen LogP contribution is -2.58. The summed E-state index contributed by atoms with van der Waals surface area (Å²) < 4.78 is 10.9. The van der Waals surface area contributed by atoms with Gasteiger partial charge in [-0.2, -0.15) is 0 Å². The summed E-state index contributed by atoms with van der Waals surface area (Å²) in [7, 11) is 1.67. The number of amides is 1. The van der Waals surface area contributed by atoms with Crippen molar-refractivity contribution in [1.29, 1.82) is 0 Å². The van der Waals surface area contributed by atoms with Gasteiger partial charge in [0, 0.05) is 26.7 Å². The number of carbonyl (C=O) groups is 1. The van der Waals surface area contributed by atoms with E-state index in [-0.39, 0.29) is 11.5 Å². The number of ether oxygens (including phenoxy) is 2. The standard InChI is InChI=1S/C14H26N2O3/c1-11-4-3-5-14(15,8-11)12(17)16-9-13(18-2)6-7-19-10-13/h11H,3-10,15H2,1-2H3,(H,16,17). The lowest BCUT2D eigenvalue weighted by Gasteiger charge is -2.36. The van der Waals surface area contributed by atoms with Crippen LogP contribution < -0.4 is 11.1 Å². The number of hydrogen-bond donors (Lipinski definition) is 2. The molecule has 19 heavy (non-hydrogen) atoms. The molecule has 110 valence electrons. The Bertz CT molecular complexity index is 329. The van der Waals surface area contributed by atoms with Crippen LogP contribution >= 0.6 is 0 Å². The van der Waals surface area contributed by atoms with Crippen LogP contribution in [0.1, 0.15) is 39.0 Å². The highest BCUT2D eigenvalue weighted by Crippen LogP contribution is 2.31. The normalized spacial score (nSPS) is 39.2. The molecule has 0 aromatic heterocycles. The molecule has 3 unspecified atom stereocenters. The smallest absolute Gasteiger partial charge is 0.240 e. The van der Waals surface area contributed by atoms with Crippen molar-refractivity contribution in [1.82, 2.24) is 5.32 Å². The van der Waals surface area contributed by atoms with Crippen LogP contribution in [0.2, 0.25) is 0 Å². The SMILES string of the molecule is COC1(CNC(=O)C2(N)CCCC(C)C2)CCOC1. The summed E-state index contributed by atoms with van der Waals surface area (Å²) in [4.78, 5) is 12.3. The summed E-state index contributed by atoms with van der Waals surface area (Å²) in [6.45, 7) is 3.87. The summed E-state index contributed by atoms with van der Waals surface area (Å²) in [5.74, 6) is 0.484. The van der Waals surface area contributed by atoms with Gasteiger partial charge in [-0.1, -0.05) is 19.8 Å². The fourth-order valence-electron chi connectivity index (χ4n) is 3.18. The van der Waals surface area contributed by atoms with Gasteiger partial charge < -0.3 is 20.5 Å². The first-order chi connectivity index (χ1) is 9.00. The van der Waals surface area contributed by atoms with E-state index in [2.05, 4.69) is 12.2 Å². The first-order valence-corrected chi connectivity index (χ1v) is 7.20. The van der Waals surface area contributed by atoms with Gasteiger partial charge in [0.25, 0.3) is 0 Å². The second-order valence-corrected chi connectivity index (χ2v) is 6.23. The van der Waals surface area contributed by atoms with Gasteiger partial charge in [0.05, 0.1) is 12.1 Å². The number of rotatable bonds is 4. The van der Waals surface area contributed by atoms with E-state index >= 15 is 0 Å². The van der Waals surface area contributed by atoms with E-state index in [0.29, 0.717) is 25.7 Å². The molecule has 1 amide bonds. The number of methoxy groups -OCH3 is 1. The van der Waals surface area contributed by atoms with Crippen LogP contribution in [0.15, 0.2) is 0 Å². The van der Waals surface area contributed by atoms with Gasteiger partial charge in [-0.15, -0.1) is 0 Å². The molecule has 1 saturated heterocycles. The second kappa shape index (κ2) is 5.77. The zero-order valence-electron chi connectivity index (χ0n) is 12.0. The van der Waals surface area contributed by atoms with Crippen molar-refractivity contribution in [2.45, 2.75) is 50.2 Å². The monoisotopic (exact) mass is 270 g/mol. The Morgan fingerprint density at radius 1 is 1.53 bits per heavy atom. The second-order valence-electron chi connectivity index (χ2n) is 6.23. The van der Waals surface area contributed by atoms with Crippen molar-refractivity contribution in [3.63, 3.8) is 0 Å². The highest BCUT2D eigenvalue weighted by Gasteiger charge is 2.40. The number of nitrogens with one attached hydrogen (secondary N) is 1. The molecule has 3 atom stereocenters. The molecule has 1 saturated carbocycles. The average molecular weight is 270 g/mol. The van der Waals surface area contributed by atoms with Crippen LogP contribution in [0.25, 0.3) is 0 Å². The minimum atomic E-state index is -0.702. The van der Waals surface area contributed by atoms with Crippen LogP contribution in [0.4, 0.5) is 0 Å². The Morgan fingerprint density at radius 3 is 2.89 bits per heavy atom. The minimum Gasteiger partial charge on any atom is -0.378 e. The highest BCUT2D eigenvalue weighted by atomic mass is 16.5. The molecule has 5 nitrogen and oxygen atoms in total. The van der Waals surface area contributed by atoms with Gasteiger partial charge >= 0.3 is 0 Å². The van der Waals surface area contributed by atoms with Gasteiger partial charge in [0.1, 0.15) is 5.60 Å². The van der Waals surface area contributed by atoms with Crippen molar-refractivity contribution in [2.75, 3.05) is 26.9 Å². The molecular formula is C14H26N2O3. The van der Waals surface area contributed by atoms with Gasteiger partial charge in [-0.05, 0) is 18.8 Å². The largest absolute Gasteiger partial charge is 0.378 e. The summed E-state index contributed by atoms with van der Waals surface area (Å²) in [5.41, 5.74) is 5.21. The molecular weight excluding hydrogens is 244 g/mol. The number of hydrogen-bond acceptors (Lipinski definition) is 4. The third kappa shape index (κ3) is 3.27. The predicted molar refractivity (Wildman–Crippen MR) is 72.7 cm³/mol. The van der Waals surface area contributed by atoms with E-state index in [4.69, 9.17) is 15.2 Å². The maximum absolute atomic E-state index is 12.3. The Hall–Kier alpha value is -0.650.